The molecule has 0 unspecified atom stereocenters. The van der Waals surface area contributed by atoms with Crippen LogP contribution in [0.25, 0.3) is 11.0 Å². The zero-order valence-corrected chi connectivity index (χ0v) is 14.4. The molecule has 0 radical (unpaired) electrons. The molecule has 0 saturated carbocycles. The van der Waals surface area contributed by atoms with E-state index >= 15 is 0 Å². The van der Waals surface area contributed by atoms with Crippen LogP contribution in [-0.2, 0) is 6.54 Å². The summed E-state index contributed by atoms with van der Waals surface area (Å²) in [7, 11) is 0. The molecule has 130 valence electrons. The van der Waals surface area contributed by atoms with Crippen LogP contribution >= 0.6 is 0 Å². The van der Waals surface area contributed by atoms with Gasteiger partial charge in [0.15, 0.2) is 0 Å². The Morgan fingerprint density at radius 2 is 1.88 bits per heavy atom. The largest absolute Gasteiger partial charge is 0.367 e. The Morgan fingerprint density at radius 3 is 2.62 bits per heavy atom. The summed E-state index contributed by atoms with van der Waals surface area (Å²) in [5.74, 6) is 0. The Balaban J connectivity index is 1.96. The Bertz CT molecular complexity index is 1030. The fourth-order valence-electron chi connectivity index (χ4n) is 3.49. The number of nitrogens with one attached hydrogen (secondary N) is 1. The van der Waals surface area contributed by atoms with E-state index < -0.39 is 0 Å². The van der Waals surface area contributed by atoms with E-state index in [9.17, 15) is 10.1 Å². The van der Waals surface area contributed by atoms with E-state index in [-0.39, 0.29) is 11.1 Å². The van der Waals surface area contributed by atoms with Crippen molar-refractivity contribution in [3.8, 4) is 6.07 Å². The highest BCUT2D eigenvalue weighted by Gasteiger charge is 2.23. The first-order valence-corrected chi connectivity index (χ1v) is 8.71. The maximum atomic E-state index is 13.1. The van der Waals surface area contributed by atoms with Crippen molar-refractivity contribution in [2.45, 2.75) is 6.54 Å². The van der Waals surface area contributed by atoms with Crippen LogP contribution in [0.5, 0.6) is 0 Å². The minimum absolute atomic E-state index is 0.198. The summed E-state index contributed by atoms with van der Waals surface area (Å²) in [6, 6.07) is 15.7. The number of anilines is 1. The van der Waals surface area contributed by atoms with Gasteiger partial charge in [0.2, 0.25) is 0 Å². The van der Waals surface area contributed by atoms with E-state index in [0.29, 0.717) is 17.9 Å². The molecule has 1 saturated heterocycles. The number of benzene rings is 1. The van der Waals surface area contributed by atoms with Gasteiger partial charge in [0.1, 0.15) is 17.3 Å². The van der Waals surface area contributed by atoms with Crippen LogP contribution in [0.3, 0.4) is 0 Å². The van der Waals surface area contributed by atoms with E-state index in [0.717, 1.165) is 37.1 Å². The first kappa shape index (κ1) is 16.3. The lowest BCUT2D eigenvalue weighted by Gasteiger charge is -2.31. The second kappa shape index (κ2) is 6.98. The van der Waals surface area contributed by atoms with Crippen LogP contribution < -0.4 is 15.8 Å². The fourth-order valence-corrected chi connectivity index (χ4v) is 3.49. The summed E-state index contributed by atoms with van der Waals surface area (Å²) in [6.45, 7) is 3.59. The molecule has 0 aliphatic carbocycles. The van der Waals surface area contributed by atoms with Gasteiger partial charge >= 0.3 is 0 Å². The van der Waals surface area contributed by atoms with Gasteiger partial charge in [-0.05, 0) is 17.7 Å². The number of nitrogens with zero attached hydrogens (tertiary/aromatic N) is 4. The predicted octanol–water partition coefficient (Wildman–Crippen LogP) is 1.73. The maximum absolute atomic E-state index is 13.1. The van der Waals surface area contributed by atoms with Crippen molar-refractivity contribution in [1.29, 1.82) is 5.26 Å². The molecule has 0 amide bonds. The van der Waals surface area contributed by atoms with Gasteiger partial charge in [0.25, 0.3) is 5.56 Å². The predicted molar refractivity (Wildman–Crippen MR) is 101 cm³/mol. The number of nitriles is 1. The van der Waals surface area contributed by atoms with Gasteiger partial charge < -0.3 is 10.2 Å². The van der Waals surface area contributed by atoms with Crippen LogP contribution in [0, 0.1) is 11.3 Å². The molecular weight excluding hydrogens is 326 g/mol. The lowest BCUT2D eigenvalue weighted by Crippen LogP contribution is -2.44. The number of aromatic nitrogens is 2. The minimum Gasteiger partial charge on any atom is -0.367 e. The monoisotopic (exact) mass is 345 g/mol. The van der Waals surface area contributed by atoms with Gasteiger partial charge in [0.05, 0.1) is 12.2 Å². The Hall–Kier alpha value is -3.17. The summed E-state index contributed by atoms with van der Waals surface area (Å²) in [6.07, 6.45) is 1.69. The number of rotatable bonds is 3. The zero-order chi connectivity index (χ0) is 17.9. The van der Waals surface area contributed by atoms with Crippen LogP contribution in [-0.4, -0.2) is 35.7 Å². The third kappa shape index (κ3) is 2.83. The molecule has 1 N–H and O–H groups in total. The topological polar surface area (TPSA) is 74.0 Å². The molecule has 0 spiro atoms. The first-order chi connectivity index (χ1) is 12.8. The van der Waals surface area contributed by atoms with Gasteiger partial charge in [-0.2, -0.15) is 5.26 Å². The normalized spacial score (nSPS) is 14.3. The maximum Gasteiger partial charge on any atom is 0.272 e. The fraction of sp³-hybridized carbons (Fsp3) is 0.250. The third-order valence-electron chi connectivity index (χ3n) is 4.72. The highest BCUT2D eigenvalue weighted by atomic mass is 16.1. The van der Waals surface area contributed by atoms with Crippen LogP contribution in [0.15, 0.2) is 53.5 Å². The van der Waals surface area contributed by atoms with Crippen LogP contribution in [0.2, 0.25) is 0 Å². The van der Waals surface area contributed by atoms with Crippen molar-refractivity contribution in [3.63, 3.8) is 0 Å². The molecule has 2 aromatic heterocycles. The first-order valence-electron chi connectivity index (χ1n) is 8.71. The van der Waals surface area contributed by atoms with Crippen LogP contribution in [0.4, 0.5) is 5.69 Å². The van der Waals surface area contributed by atoms with Crippen molar-refractivity contribution < 1.29 is 0 Å². The van der Waals surface area contributed by atoms with E-state index in [1.54, 1.807) is 10.8 Å². The number of fused-ring (bicyclic) bond motifs is 1. The highest BCUT2D eigenvalue weighted by Crippen LogP contribution is 2.28. The molecule has 0 bridgehead atoms. The van der Waals surface area contributed by atoms with Crippen molar-refractivity contribution in [2.75, 3.05) is 31.1 Å². The second-order valence-corrected chi connectivity index (χ2v) is 6.32. The molecule has 6 nitrogen and oxygen atoms in total. The molecular formula is C20H19N5O. The highest BCUT2D eigenvalue weighted by molar-refractivity contribution is 5.93. The van der Waals surface area contributed by atoms with Gasteiger partial charge in [-0.25, -0.2) is 4.98 Å². The lowest BCUT2D eigenvalue weighted by molar-refractivity contribution is 0.589. The molecule has 1 aliphatic rings. The van der Waals surface area contributed by atoms with Crippen molar-refractivity contribution in [3.05, 3.63) is 70.1 Å². The molecule has 6 heteroatoms. The standard InChI is InChI=1S/C20H19N5O/c21-13-17-18(24-11-9-22-10-12-24)16-7-4-8-23-19(16)25(20(17)26)14-15-5-2-1-3-6-15/h1-8,22H,9-12,14H2. The summed E-state index contributed by atoms with van der Waals surface area (Å²) in [5.41, 5.74) is 2.25. The van der Waals surface area contributed by atoms with Gasteiger partial charge in [0, 0.05) is 37.8 Å². The average molecular weight is 345 g/mol. The Morgan fingerprint density at radius 1 is 1.12 bits per heavy atom. The average Bonchev–Trinajstić information content (AvgIpc) is 2.71. The quantitative estimate of drug-likeness (QED) is 0.782. The summed E-state index contributed by atoms with van der Waals surface area (Å²) < 4.78 is 1.61. The van der Waals surface area contributed by atoms with Crippen LogP contribution in [0.1, 0.15) is 11.1 Å². The van der Waals surface area contributed by atoms with E-state index in [4.69, 9.17) is 0 Å². The van der Waals surface area contributed by atoms with Gasteiger partial charge in [-0.15, -0.1) is 0 Å². The van der Waals surface area contributed by atoms with Gasteiger partial charge in [-0.3, -0.25) is 9.36 Å². The summed E-state index contributed by atoms with van der Waals surface area (Å²) in [4.78, 5) is 19.7. The third-order valence-corrected chi connectivity index (χ3v) is 4.72. The molecule has 26 heavy (non-hydrogen) atoms. The molecule has 3 aromatic rings. The number of piperazine rings is 1. The second-order valence-electron chi connectivity index (χ2n) is 6.32. The molecule has 4 rings (SSSR count). The Labute approximate surface area is 151 Å². The smallest absolute Gasteiger partial charge is 0.272 e. The van der Waals surface area contributed by atoms with Crippen molar-refractivity contribution in [1.82, 2.24) is 14.9 Å². The van der Waals surface area contributed by atoms with Crippen molar-refractivity contribution in [2.24, 2.45) is 0 Å². The van der Waals surface area contributed by atoms with E-state index in [1.807, 2.05) is 42.5 Å². The SMILES string of the molecule is N#Cc1c(N2CCNCC2)c2cccnc2n(Cc2ccccc2)c1=O. The summed E-state index contributed by atoms with van der Waals surface area (Å²) >= 11 is 0. The Kier molecular flexibility index (Phi) is 4.38. The molecule has 0 atom stereocenters. The number of hydrogen-bond donors (Lipinski definition) is 1. The molecule has 1 aromatic carbocycles. The zero-order valence-electron chi connectivity index (χ0n) is 14.4. The van der Waals surface area contributed by atoms with Crippen molar-refractivity contribution >= 4 is 16.7 Å². The molecule has 1 aliphatic heterocycles. The van der Waals surface area contributed by atoms with Gasteiger partial charge in [-0.1, -0.05) is 30.3 Å². The molecule has 1 fully saturated rings. The van der Waals surface area contributed by atoms with E-state index in [2.05, 4.69) is 21.3 Å². The molecule has 3 heterocycles. The number of pyridine rings is 2. The lowest BCUT2D eigenvalue weighted by atomic mass is 10.1. The minimum atomic E-state index is -0.281. The summed E-state index contributed by atoms with van der Waals surface area (Å²) in [5, 5.41) is 13.9. The van der Waals surface area contributed by atoms with E-state index in [1.165, 1.54) is 0 Å². The number of hydrogen-bond acceptors (Lipinski definition) is 5.